The van der Waals surface area contributed by atoms with Gasteiger partial charge in [-0.1, -0.05) is 60.7 Å². The minimum absolute atomic E-state index is 0.0629. The number of aromatic amines is 1. The third kappa shape index (κ3) is 3.58. The second-order valence-corrected chi connectivity index (χ2v) is 7.79. The van der Waals surface area contributed by atoms with Crippen molar-refractivity contribution in [3.8, 4) is 17.3 Å². The molecular formula is C26H19N3O3S. The fourth-order valence-electron chi connectivity index (χ4n) is 3.92. The highest BCUT2D eigenvalue weighted by Gasteiger charge is 2.24. The summed E-state index contributed by atoms with van der Waals surface area (Å²) in [4.78, 5) is 20.4. The molecule has 2 heterocycles. The zero-order valence-electron chi connectivity index (χ0n) is 17.6. The highest BCUT2D eigenvalue weighted by atomic mass is 32.1. The van der Waals surface area contributed by atoms with Crippen LogP contribution in [0.3, 0.4) is 0 Å². The second kappa shape index (κ2) is 8.37. The Bertz CT molecular complexity index is 1550. The van der Waals surface area contributed by atoms with E-state index in [0.29, 0.717) is 11.4 Å². The Morgan fingerprint density at radius 2 is 1.70 bits per heavy atom. The van der Waals surface area contributed by atoms with Crippen LogP contribution < -0.4 is 10.3 Å². The van der Waals surface area contributed by atoms with Crippen molar-refractivity contribution in [1.82, 2.24) is 9.55 Å². The van der Waals surface area contributed by atoms with Crippen LogP contribution in [0.4, 0.5) is 5.69 Å². The third-order valence-electron chi connectivity index (χ3n) is 5.46. The van der Waals surface area contributed by atoms with Crippen LogP contribution >= 0.6 is 12.2 Å². The lowest BCUT2D eigenvalue weighted by Gasteiger charge is -2.15. The van der Waals surface area contributed by atoms with Gasteiger partial charge in [-0.25, -0.2) is 4.99 Å². The molecule has 0 unspecified atom stereocenters. The van der Waals surface area contributed by atoms with Crippen LogP contribution in [0.25, 0.3) is 17.3 Å². The Balaban J connectivity index is 1.76. The van der Waals surface area contributed by atoms with Crippen LogP contribution in [0.15, 0.2) is 88.6 Å². The molecule has 4 aromatic rings. The maximum atomic E-state index is 12.9. The molecule has 2 N–H and O–H groups in total. The lowest BCUT2D eigenvalue weighted by atomic mass is 9.96. The number of aromatic hydroxyl groups is 1. The molecule has 6 nitrogen and oxygen atoms in total. The van der Waals surface area contributed by atoms with Crippen molar-refractivity contribution in [2.24, 2.45) is 4.99 Å². The normalized spacial score (nSPS) is 13.6. The molecule has 1 aliphatic rings. The van der Waals surface area contributed by atoms with Crippen LogP contribution in [-0.2, 0) is 0 Å². The molecule has 1 aromatic heterocycles. The van der Waals surface area contributed by atoms with Gasteiger partial charge in [-0.2, -0.15) is 0 Å². The van der Waals surface area contributed by atoms with E-state index < -0.39 is 5.56 Å². The monoisotopic (exact) mass is 453 g/mol. The first-order valence-corrected chi connectivity index (χ1v) is 10.7. The summed E-state index contributed by atoms with van der Waals surface area (Å²) < 4.78 is 6.88. The topological polar surface area (TPSA) is 79.6 Å². The lowest BCUT2D eigenvalue weighted by molar-refractivity contribution is 0.402. The van der Waals surface area contributed by atoms with Gasteiger partial charge in [0.2, 0.25) is 5.88 Å². The number of ether oxygens (including phenoxy) is 1. The minimum Gasteiger partial charge on any atom is -0.495 e. The van der Waals surface area contributed by atoms with Crippen molar-refractivity contribution in [3.05, 3.63) is 111 Å². The second-order valence-electron chi connectivity index (χ2n) is 7.41. The predicted octanol–water partition coefficient (Wildman–Crippen LogP) is 5.28. The Labute approximate surface area is 194 Å². The lowest BCUT2D eigenvalue weighted by Crippen LogP contribution is -2.17. The van der Waals surface area contributed by atoms with Gasteiger partial charge in [-0.05, 0) is 36.5 Å². The van der Waals surface area contributed by atoms with E-state index in [1.807, 2.05) is 60.7 Å². The molecule has 7 heteroatoms. The van der Waals surface area contributed by atoms with E-state index in [2.05, 4.69) is 4.98 Å². The fourth-order valence-corrected chi connectivity index (χ4v) is 4.20. The summed E-state index contributed by atoms with van der Waals surface area (Å²) in [5, 5.41) is 11.2. The van der Waals surface area contributed by atoms with E-state index in [9.17, 15) is 9.90 Å². The van der Waals surface area contributed by atoms with Crippen LogP contribution in [-0.4, -0.2) is 27.5 Å². The minimum atomic E-state index is -0.493. The van der Waals surface area contributed by atoms with Gasteiger partial charge < -0.3 is 9.84 Å². The van der Waals surface area contributed by atoms with Crippen molar-refractivity contribution >= 4 is 35.3 Å². The maximum absolute atomic E-state index is 12.9. The molecule has 33 heavy (non-hydrogen) atoms. The van der Waals surface area contributed by atoms with Gasteiger partial charge in [-0.15, -0.1) is 0 Å². The molecule has 0 fully saturated rings. The van der Waals surface area contributed by atoms with E-state index >= 15 is 0 Å². The number of aromatic nitrogens is 2. The molecule has 1 aliphatic heterocycles. The van der Waals surface area contributed by atoms with E-state index in [0.717, 1.165) is 28.1 Å². The van der Waals surface area contributed by atoms with Crippen molar-refractivity contribution < 1.29 is 9.84 Å². The van der Waals surface area contributed by atoms with E-state index in [1.54, 1.807) is 24.3 Å². The van der Waals surface area contributed by atoms with Gasteiger partial charge in [0.15, 0.2) is 4.77 Å². The SMILES string of the molecule is COc1ccccc1-n1c(O)c(/C=C2/C(c3ccccc3)=Nc3ccccc32)c(=O)[nH]c1=S. The number of fused-ring (bicyclic) bond motifs is 1. The molecule has 3 aromatic carbocycles. The number of aliphatic imine (C=N–C) groups is 1. The molecule has 0 saturated carbocycles. The molecule has 5 rings (SSSR count). The number of benzene rings is 3. The molecule has 0 saturated heterocycles. The van der Waals surface area contributed by atoms with E-state index in [1.165, 1.54) is 11.7 Å². The molecule has 0 aliphatic carbocycles. The fraction of sp³-hybridized carbons (Fsp3) is 0.0385. The zero-order valence-corrected chi connectivity index (χ0v) is 18.5. The van der Waals surface area contributed by atoms with Gasteiger partial charge >= 0.3 is 0 Å². The van der Waals surface area contributed by atoms with Crippen LogP contribution in [0.5, 0.6) is 11.6 Å². The molecule has 0 amide bonds. The van der Waals surface area contributed by atoms with Gasteiger partial charge in [0.05, 0.1) is 24.2 Å². The smallest absolute Gasteiger partial charge is 0.262 e. The summed E-state index contributed by atoms with van der Waals surface area (Å²) in [6.07, 6.45) is 1.66. The van der Waals surface area contributed by atoms with Crippen LogP contribution in [0.1, 0.15) is 16.7 Å². The highest BCUT2D eigenvalue weighted by Crippen LogP contribution is 2.38. The largest absolute Gasteiger partial charge is 0.495 e. The molecule has 0 atom stereocenters. The Morgan fingerprint density at radius 1 is 1.00 bits per heavy atom. The standard InChI is InChI=1S/C26H19N3O3S/c1-32-22-14-8-7-13-21(22)29-25(31)19(24(30)28-26(29)33)15-18-17-11-5-6-12-20(17)27-23(18)16-9-3-2-4-10-16/h2-15,31H,1H3,(H,28,30,33)/b18-15+. The Morgan fingerprint density at radius 3 is 2.48 bits per heavy atom. The first kappa shape index (κ1) is 20.7. The van der Waals surface area contributed by atoms with E-state index in [-0.39, 0.29) is 16.2 Å². The third-order valence-corrected chi connectivity index (χ3v) is 5.75. The molecule has 0 radical (unpaired) electrons. The molecule has 0 spiro atoms. The number of hydrogen-bond donors (Lipinski definition) is 2. The Hall–Kier alpha value is -4.23. The first-order chi connectivity index (χ1) is 16.1. The maximum Gasteiger partial charge on any atom is 0.262 e. The quantitative estimate of drug-likeness (QED) is 0.412. The van der Waals surface area contributed by atoms with Crippen molar-refractivity contribution in [3.63, 3.8) is 0 Å². The number of H-pyrrole nitrogens is 1. The Kier molecular flexibility index (Phi) is 5.24. The summed E-state index contributed by atoms with van der Waals surface area (Å²) in [5.41, 5.74) is 4.15. The number of rotatable bonds is 4. The van der Waals surface area contributed by atoms with Gasteiger partial charge in [0.25, 0.3) is 5.56 Å². The highest BCUT2D eigenvalue weighted by molar-refractivity contribution is 7.71. The molecule has 0 bridgehead atoms. The molecular weight excluding hydrogens is 434 g/mol. The summed E-state index contributed by atoms with van der Waals surface area (Å²) in [6, 6.07) is 24.6. The number of methoxy groups -OCH3 is 1. The average Bonchev–Trinajstić information content (AvgIpc) is 3.21. The van der Waals surface area contributed by atoms with Crippen molar-refractivity contribution in [1.29, 1.82) is 0 Å². The van der Waals surface area contributed by atoms with Gasteiger partial charge in [0.1, 0.15) is 11.3 Å². The average molecular weight is 454 g/mol. The number of hydrogen-bond acceptors (Lipinski definition) is 5. The number of nitrogens with one attached hydrogen (secondary N) is 1. The summed E-state index contributed by atoms with van der Waals surface area (Å²) in [5.74, 6) is 0.227. The van der Waals surface area contributed by atoms with Crippen LogP contribution in [0, 0.1) is 4.77 Å². The summed E-state index contributed by atoms with van der Waals surface area (Å²) in [7, 11) is 1.53. The van der Waals surface area contributed by atoms with Crippen molar-refractivity contribution in [2.75, 3.05) is 7.11 Å². The summed E-state index contributed by atoms with van der Waals surface area (Å²) in [6.45, 7) is 0. The number of nitrogens with zero attached hydrogens (tertiary/aromatic N) is 2. The first-order valence-electron chi connectivity index (χ1n) is 10.3. The van der Waals surface area contributed by atoms with Gasteiger partial charge in [-0.3, -0.25) is 14.3 Å². The predicted molar refractivity (Wildman–Crippen MR) is 132 cm³/mol. The number of allylic oxidation sites excluding steroid dienone is 1. The number of para-hydroxylation sites is 3. The van der Waals surface area contributed by atoms with Crippen LogP contribution in [0.2, 0.25) is 0 Å². The molecule has 162 valence electrons. The van der Waals surface area contributed by atoms with Crippen molar-refractivity contribution in [2.45, 2.75) is 0 Å². The summed E-state index contributed by atoms with van der Waals surface area (Å²) >= 11 is 5.37. The zero-order chi connectivity index (χ0) is 22.9. The van der Waals surface area contributed by atoms with Gasteiger partial charge in [0, 0.05) is 16.7 Å². The van der Waals surface area contributed by atoms with E-state index in [4.69, 9.17) is 21.9 Å².